The maximum absolute atomic E-state index is 12.9. The molecule has 0 aromatic carbocycles. The Morgan fingerprint density at radius 3 is 2.64 bits per heavy atom. The molecule has 1 aliphatic rings. The molecule has 1 aliphatic heterocycles. The number of fused-ring (bicyclic) bond motifs is 1. The van der Waals surface area contributed by atoms with E-state index in [0.717, 1.165) is 48.1 Å². The van der Waals surface area contributed by atoms with Gasteiger partial charge in [0.2, 0.25) is 0 Å². The van der Waals surface area contributed by atoms with Crippen molar-refractivity contribution < 1.29 is 4.79 Å². The quantitative estimate of drug-likeness (QED) is 0.422. The van der Waals surface area contributed by atoms with Gasteiger partial charge in [0.05, 0.1) is 42.1 Å². The zero-order valence-electron chi connectivity index (χ0n) is 19.2. The zero-order chi connectivity index (χ0) is 22.9. The molecule has 0 aliphatic carbocycles. The van der Waals surface area contributed by atoms with Gasteiger partial charge in [-0.05, 0) is 38.8 Å². The molecule has 9 heteroatoms. The van der Waals surface area contributed by atoms with E-state index in [1.165, 1.54) is 0 Å². The lowest BCUT2D eigenvalue weighted by molar-refractivity contribution is 0.0991. The number of carbonyl (C=O) groups excluding carboxylic acids is 1. The Morgan fingerprint density at radius 2 is 1.91 bits per heavy atom. The van der Waals surface area contributed by atoms with Crippen molar-refractivity contribution in [2.24, 2.45) is 7.05 Å². The van der Waals surface area contributed by atoms with E-state index >= 15 is 0 Å². The number of rotatable bonds is 6. The number of pyridine rings is 2. The lowest BCUT2D eigenvalue weighted by atomic mass is 10.0. The molecule has 4 aromatic heterocycles. The summed E-state index contributed by atoms with van der Waals surface area (Å²) in [5.74, 6) is 0.0192. The van der Waals surface area contributed by atoms with Crippen molar-refractivity contribution in [3.63, 3.8) is 0 Å². The number of Topliss-reactive ketones (excluding diaryl/α,β-unsaturated/α-hetero) is 1. The summed E-state index contributed by atoms with van der Waals surface area (Å²) < 4.78 is 3.62. The molecule has 0 unspecified atom stereocenters. The normalized spacial score (nSPS) is 15.5. The van der Waals surface area contributed by atoms with Crippen LogP contribution in [0.15, 0.2) is 43.1 Å². The van der Waals surface area contributed by atoms with Crippen molar-refractivity contribution in [1.29, 1.82) is 0 Å². The van der Waals surface area contributed by atoms with E-state index in [4.69, 9.17) is 0 Å². The molecular weight excluding hydrogens is 416 g/mol. The molecule has 170 valence electrons. The Kier molecular flexibility index (Phi) is 5.72. The molecule has 0 N–H and O–H groups in total. The molecule has 0 radical (unpaired) electrons. The smallest absolute Gasteiger partial charge is 0.171 e. The summed E-state index contributed by atoms with van der Waals surface area (Å²) in [6.07, 6.45) is 11.2. The molecule has 1 saturated heterocycles. The molecule has 5 rings (SSSR count). The summed E-state index contributed by atoms with van der Waals surface area (Å²) >= 11 is 0. The topological polar surface area (TPSA) is 94.6 Å². The van der Waals surface area contributed by atoms with Crippen molar-refractivity contribution >= 4 is 16.7 Å². The van der Waals surface area contributed by atoms with Crippen LogP contribution in [-0.2, 0) is 13.5 Å². The summed E-state index contributed by atoms with van der Waals surface area (Å²) in [5.41, 5.74) is 3.76. The Bertz CT molecular complexity index is 1280. The summed E-state index contributed by atoms with van der Waals surface area (Å²) in [6, 6.07) is 4.85. The maximum Gasteiger partial charge on any atom is 0.171 e. The summed E-state index contributed by atoms with van der Waals surface area (Å²) in [4.78, 5) is 24.4. The van der Waals surface area contributed by atoms with E-state index in [1.807, 2.05) is 36.3 Å². The average molecular weight is 445 g/mol. The van der Waals surface area contributed by atoms with Crippen LogP contribution in [0, 0.1) is 0 Å². The highest BCUT2D eigenvalue weighted by molar-refractivity contribution is 5.97. The van der Waals surface area contributed by atoms with E-state index in [9.17, 15) is 4.79 Å². The van der Waals surface area contributed by atoms with Crippen LogP contribution in [0.25, 0.3) is 22.2 Å². The first-order chi connectivity index (χ1) is 16.0. The van der Waals surface area contributed by atoms with Crippen LogP contribution in [0.4, 0.5) is 0 Å². The molecule has 0 atom stereocenters. The summed E-state index contributed by atoms with van der Waals surface area (Å²) in [5, 5.41) is 13.6. The average Bonchev–Trinajstić information content (AvgIpc) is 3.48. The second kappa shape index (κ2) is 8.82. The number of hydrogen-bond donors (Lipinski definition) is 0. The minimum absolute atomic E-state index is 0.0192. The SMILES string of the molecule is CC(C)N1CCC(n2cc(C(=O)Cc3cc4cc(-c5cn(C)nn5)cnc4cn3)cn2)CC1. The highest BCUT2D eigenvalue weighted by Crippen LogP contribution is 2.24. The second-order valence-electron chi connectivity index (χ2n) is 9.04. The standard InChI is InChI=1S/C24H28N8O/c1-16(2)31-6-4-21(5-7-31)32-14-19(12-27-32)24(33)10-20-9-17-8-18(11-26-22(17)13-25-20)23-15-30(3)29-28-23/h8-9,11-16,21H,4-7,10H2,1-3H3. The maximum atomic E-state index is 12.9. The molecule has 0 amide bonds. The summed E-state index contributed by atoms with van der Waals surface area (Å²) in [6.45, 7) is 6.60. The minimum atomic E-state index is 0.0192. The first-order valence-corrected chi connectivity index (χ1v) is 11.4. The highest BCUT2D eigenvalue weighted by atomic mass is 16.1. The number of aromatic nitrogens is 7. The largest absolute Gasteiger partial charge is 0.301 e. The fraction of sp³-hybridized carbons (Fsp3) is 0.417. The molecule has 0 spiro atoms. The Morgan fingerprint density at radius 1 is 1.09 bits per heavy atom. The lowest BCUT2D eigenvalue weighted by Gasteiger charge is -2.34. The van der Waals surface area contributed by atoms with Gasteiger partial charge in [-0.25, -0.2) is 0 Å². The Hall–Kier alpha value is -3.46. The molecular formula is C24H28N8O. The Labute approximate surface area is 192 Å². The van der Waals surface area contributed by atoms with Gasteiger partial charge in [0.25, 0.3) is 0 Å². The van der Waals surface area contributed by atoms with Crippen molar-refractivity contribution in [3.05, 3.63) is 54.4 Å². The van der Waals surface area contributed by atoms with Gasteiger partial charge in [-0.3, -0.25) is 24.1 Å². The number of aryl methyl sites for hydroxylation is 1. The first-order valence-electron chi connectivity index (χ1n) is 11.4. The molecule has 4 aromatic rings. The monoisotopic (exact) mass is 444 g/mol. The van der Waals surface area contributed by atoms with Gasteiger partial charge in [0.15, 0.2) is 5.78 Å². The fourth-order valence-corrected chi connectivity index (χ4v) is 4.41. The van der Waals surface area contributed by atoms with Crippen LogP contribution in [0.2, 0.25) is 0 Å². The summed E-state index contributed by atoms with van der Waals surface area (Å²) in [7, 11) is 1.83. The van der Waals surface area contributed by atoms with Crippen LogP contribution in [0.5, 0.6) is 0 Å². The highest BCUT2D eigenvalue weighted by Gasteiger charge is 2.23. The van der Waals surface area contributed by atoms with Gasteiger partial charge in [0, 0.05) is 55.2 Å². The first kappa shape index (κ1) is 21.4. The number of piperidine rings is 1. The number of nitrogens with zero attached hydrogens (tertiary/aromatic N) is 8. The van der Waals surface area contributed by atoms with E-state index in [1.54, 1.807) is 23.3 Å². The van der Waals surface area contributed by atoms with Crippen LogP contribution in [-0.4, -0.2) is 64.6 Å². The predicted molar refractivity (Wildman–Crippen MR) is 125 cm³/mol. The number of hydrogen-bond acceptors (Lipinski definition) is 7. The van der Waals surface area contributed by atoms with E-state index in [0.29, 0.717) is 23.3 Å². The van der Waals surface area contributed by atoms with Gasteiger partial charge < -0.3 is 4.90 Å². The van der Waals surface area contributed by atoms with Gasteiger partial charge in [-0.15, -0.1) is 5.10 Å². The second-order valence-corrected chi connectivity index (χ2v) is 9.04. The fourth-order valence-electron chi connectivity index (χ4n) is 4.41. The lowest BCUT2D eigenvalue weighted by Crippen LogP contribution is -2.39. The zero-order valence-corrected chi connectivity index (χ0v) is 19.2. The van der Waals surface area contributed by atoms with Gasteiger partial charge in [-0.1, -0.05) is 5.21 Å². The Balaban J connectivity index is 1.29. The third-order valence-corrected chi connectivity index (χ3v) is 6.39. The molecule has 5 heterocycles. The van der Waals surface area contributed by atoms with Gasteiger partial charge >= 0.3 is 0 Å². The third kappa shape index (κ3) is 4.54. The molecule has 9 nitrogen and oxygen atoms in total. The molecule has 0 bridgehead atoms. The molecule has 33 heavy (non-hydrogen) atoms. The van der Waals surface area contributed by atoms with Gasteiger partial charge in [-0.2, -0.15) is 5.10 Å². The van der Waals surface area contributed by atoms with Crippen molar-refractivity contribution in [1.82, 2.24) is 39.6 Å². The van der Waals surface area contributed by atoms with Crippen LogP contribution in [0.1, 0.15) is 48.8 Å². The van der Waals surface area contributed by atoms with Crippen molar-refractivity contribution in [3.8, 4) is 11.3 Å². The van der Waals surface area contributed by atoms with Crippen LogP contribution >= 0.6 is 0 Å². The predicted octanol–water partition coefficient (Wildman–Crippen LogP) is 3.09. The molecule has 0 saturated carbocycles. The van der Waals surface area contributed by atoms with E-state index in [2.05, 4.69) is 44.1 Å². The van der Waals surface area contributed by atoms with E-state index < -0.39 is 0 Å². The third-order valence-electron chi connectivity index (χ3n) is 6.39. The van der Waals surface area contributed by atoms with Crippen molar-refractivity contribution in [2.45, 2.75) is 45.2 Å². The number of ketones is 1. The van der Waals surface area contributed by atoms with Crippen LogP contribution in [0.3, 0.4) is 0 Å². The molecule has 1 fully saturated rings. The van der Waals surface area contributed by atoms with Gasteiger partial charge in [0.1, 0.15) is 5.69 Å². The van der Waals surface area contributed by atoms with Crippen molar-refractivity contribution in [2.75, 3.05) is 13.1 Å². The number of carbonyl (C=O) groups is 1. The van der Waals surface area contributed by atoms with Crippen LogP contribution < -0.4 is 0 Å². The number of likely N-dealkylation sites (tertiary alicyclic amines) is 1. The minimum Gasteiger partial charge on any atom is -0.301 e. The van der Waals surface area contributed by atoms with E-state index in [-0.39, 0.29) is 12.2 Å².